The molecule has 0 fully saturated rings. The highest BCUT2D eigenvalue weighted by molar-refractivity contribution is 7.17. The number of anilines is 1. The van der Waals surface area contributed by atoms with Crippen molar-refractivity contribution in [3.63, 3.8) is 0 Å². The van der Waals surface area contributed by atoms with Crippen LogP contribution in [0.3, 0.4) is 0 Å². The Hall–Kier alpha value is -3.98. The number of carbonyl (C=O) groups is 2. The number of hydrogen-bond donors (Lipinski definition) is 0. The summed E-state index contributed by atoms with van der Waals surface area (Å²) in [6.07, 6.45) is 2.92. The summed E-state index contributed by atoms with van der Waals surface area (Å²) in [6, 6.07) is 15.3. The summed E-state index contributed by atoms with van der Waals surface area (Å²) in [6.45, 7) is 3.76. The predicted molar refractivity (Wildman–Crippen MR) is 127 cm³/mol. The maximum absolute atomic E-state index is 13.5. The van der Waals surface area contributed by atoms with Crippen LogP contribution in [0.2, 0.25) is 0 Å². The number of ether oxygens (including phenoxy) is 1. The Morgan fingerprint density at radius 2 is 1.71 bits per heavy atom. The minimum absolute atomic E-state index is 0.120. The van der Waals surface area contributed by atoms with Gasteiger partial charge in [-0.15, -0.1) is 0 Å². The molecule has 0 saturated carbocycles. The van der Waals surface area contributed by atoms with Crippen LogP contribution in [0.1, 0.15) is 38.2 Å². The van der Waals surface area contributed by atoms with Gasteiger partial charge in [0.15, 0.2) is 11.0 Å². The third kappa shape index (κ3) is 5.15. The van der Waals surface area contributed by atoms with Crippen molar-refractivity contribution in [3.05, 3.63) is 94.5 Å². The van der Waals surface area contributed by atoms with Gasteiger partial charge in [0.2, 0.25) is 0 Å². The van der Waals surface area contributed by atoms with Gasteiger partial charge in [-0.1, -0.05) is 53.8 Å². The molecule has 0 radical (unpaired) electrons. The summed E-state index contributed by atoms with van der Waals surface area (Å²) in [5, 5.41) is 0.321. The van der Waals surface area contributed by atoms with Gasteiger partial charge in [0.05, 0.1) is 24.4 Å². The molecule has 0 N–H and O–H groups in total. The van der Waals surface area contributed by atoms with Crippen LogP contribution in [0.4, 0.5) is 9.52 Å². The van der Waals surface area contributed by atoms with Crippen LogP contribution in [-0.2, 0) is 11.3 Å². The first-order valence-electron chi connectivity index (χ1n) is 10.5. The monoisotopic (exact) mass is 476 g/mol. The van der Waals surface area contributed by atoms with Crippen LogP contribution in [0.25, 0.3) is 11.4 Å². The van der Waals surface area contributed by atoms with Crippen molar-refractivity contribution >= 4 is 28.3 Å². The normalized spacial score (nSPS) is 10.7. The second-order valence-corrected chi connectivity index (χ2v) is 8.29. The van der Waals surface area contributed by atoms with Gasteiger partial charge in [-0.2, -0.15) is 0 Å². The number of benzene rings is 2. The van der Waals surface area contributed by atoms with E-state index in [0.717, 1.165) is 16.9 Å². The van der Waals surface area contributed by atoms with Crippen LogP contribution in [0.5, 0.6) is 0 Å². The van der Waals surface area contributed by atoms with E-state index >= 15 is 0 Å². The van der Waals surface area contributed by atoms with E-state index < -0.39 is 11.9 Å². The molecule has 172 valence electrons. The molecule has 0 aliphatic rings. The van der Waals surface area contributed by atoms with Gasteiger partial charge in [-0.05, 0) is 31.5 Å². The van der Waals surface area contributed by atoms with Gasteiger partial charge in [-0.3, -0.25) is 9.69 Å². The van der Waals surface area contributed by atoms with Crippen molar-refractivity contribution in [2.24, 2.45) is 0 Å². The number of hydrogen-bond acceptors (Lipinski definition) is 7. The van der Waals surface area contributed by atoms with Gasteiger partial charge < -0.3 is 4.74 Å². The van der Waals surface area contributed by atoms with Gasteiger partial charge in [0.1, 0.15) is 10.7 Å². The third-order valence-electron chi connectivity index (χ3n) is 4.91. The standard InChI is InChI=1S/C25H21FN4O3S/c1-3-33-24(32)21-16(2)29-25(34-21)30(15-17-9-11-20(26)12-10-17)23(31)19-13-27-22(28-14-19)18-7-5-4-6-8-18/h4-14H,3,15H2,1-2H3. The summed E-state index contributed by atoms with van der Waals surface area (Å²) in [5.41, 5.74) is 2.25. The van der Waals surface area contributed by atoms with Gasteiger partial charge in [0.25, 0.3) is 5.91 Å². The first-order valence-corrected chi connectivity index (χ1v) is 11.4. The zero-order valence-electron chi connectivity index (χ0n) is 18.6. The van der Waals surface area contributed by atoms with E-state index in [-0.39, 0.29) is 24.5 Å². The smallest absolute Gasteiger partial charge is 0.350 e. The molecule has 0 atom stereocenters. The summed E-state index contributed by atoms with van der Waals surface area (Å²) in [5.74, 6) is -0.764. The lowest BCUT2D eigenvalue weighted by atomic mass is 10.2. The van der Waals surface area contributed by atoms with Crippen molar-refractivity contribution in [3.8, 4) is 11.4 Å². The Balaban J connectivity index is 1.68. The minimum Gasteiger partial charge on any atom is -0.462 e. The van der Waals surface area contributed by atoms with E-state index in [2.05, 4.69) is 15.0 Å². The Morgan fingerprint density at radius 3 is 2.35 bits per heavy atom. The first kappa shape index (κ1) is 23.2. The molecule has 34 heavy (non-hydrogen) atoms. The molecule has 0 aliphatic heterocycles. The maximum Gasteiger partial charge on any atom is 0.350 e. The zero-order chi connectivity index (χ0) is 24.1. The highest BCUT2D eigenvalue weighted by Gasteiger charge is 2.25. The van der Waals surface area contributed by atoms with Crippen LogP contribution in [-0.4, -0.2) is 33.4 Å². The van der Waals surface area contributed by atoms with Gasteiger partial charge >= 0.3 is 5.97 Å². The number of thiazole rings is 1. The average Bonchev–Trinajstić information content (AvgIpc) is 3.25. The molecule has 4 aromatic rings. The Labute approximate surface area is 199 Å². The molecule has 2 aromatic carbocycles. The molecule has 4 rings (SSSR count). The number of aryl methyl sites for hydroxylation is 1. The lowest BCUT2D eigenvalue weighted by molar-refractivity contribution is 0.0531. The Kier molecular flexibility index (Phi) is 7.03. The van der Waals surface area contributed by atoms with Crippen molar-refractivity contribution in [2.75, 3.05) is 11.5 Å². The van der Waals surface area contributed by atoms with E-state index in [0.29, 0.717) is 27.1 Å². The molecular formula is C25H21FN4O3S. The minimum atomic E-state index is -0.492. The van der Waals surface area contributed by atoms with Gasteiger partial charge in [-0.25, -0.2) is 24.1 Å². The molecule has 9 heteroatoms. The second kappa shape index (κ2) is 10.3. The van der Waals surface area contributed by atoms with Crippen LogP contribution >= 0.6 is 11.3 Å². The molecule has 0 saturated heterocycles. The predicted octanol–water partition coefficient (Wildman–Crippen LogP) is 5.07. The SMILES string of the molecule is CCOC(=O)c1sc(N(Cc2ccc(F)cc2)C(=O)c2cnc(-c3ccccc3)nc2)nc1C. The van der Waals surface area contributed by atoms with Crippen molar-refractivity contribution < 1.29 is 18.7 Å². The second-order valence-electron chi connectivity index (χ2n) is 7.31. The average molecular weight is 477 g/mol. The van der Waals surface area contributed by atoms with E-state index in [1.807, 2.05) is 30.3 Å². The summed E-state index contributed by atoms with van der Waals surface area (Å²) in [4.78, 5) is 40.7. The fraction of sp³-hybridized carbons (Fsp3) is 0.160. The van der Waals surface area contributed by atoms with Gasteiger partial charge in [0, 0.05) is 18.0 Å². The van der Waals surface area contributed by atoms with E-state index in [9.17, 15) is 14.0 Å². The number of amides is 1. The number of esters is 1. The lowest BCUT2D eigenvalue weighted by Crippen LogP contribution is -2.30. The highest BCUT2D eigenvalue weighted by Crippen LogP contribution is 2.29. The number of aromatic nitrogens is 3. The largest absolute Gasteiger partial charge is 0.462 e. The summed E-state index contributed by atoms with van der Waals surface area (Å²) >= 11 is 1.07. The molecule has 7 nitrogen and oxygen atoms in total. The molecule has 2 aromatic heterocycles. The van der Waals surface area contributed by atoms with E-state index in [4.69, 9.17) is 4.74 Å². The topological polar surface area (TPSA) is 85.3 Å². The lowest BCUT2D eigenvalue weighted by Gasteiger charge is -2.20. The highest BCUT2D eigenvalue weighted by atomic mass is 32.1. The zero-order valence-corrected chi connectivity index (χ0v) is 19.4. The number of nitrogens with zero attached hydrogens (tertiary/aromatic N) is 4. The molecule has 0 bridgehead atoms. The number of halogens is 1. The maximum atomic E-state index is 13.5. The molecule has 0 spiro atoms. The summed E-state index contributed by atoms with van der Waals surface area (Å²) < 4.78 is 18.5. The Morgan fingerprint density at radius 1 is 1.03 bits per heavy atom. The molecule has 1 amide bonds. The molecule has 2 heterocycles. The fourth-order valence-corrected chi connectivity index (χ4v) is 4.17. The van der Waals surface area contributed by atoms with Crippen LogP contribution in [0, 0.1) is 12.7 Å². The number of carbonyl (C=O) groups excluding carboxylic acids is 2. The van der Waals surface area contributed by atoms with E-state index in [1.165, 1.54) is 29.4 Å². The fourth-order valence-electron chi connectivity index (χ4n) is 3.21. The van der Waals surface area contributed by atoms with Crippen molar-refractivity contribution in [1.29, 1.82) is 0 Å². The van der Waals surface area contributed by atoms with Crippen molar-refractivity contribution in [1.82, 2.24) is 15.0 Å². The third-order valence-corrected chi connectivity index (χ3v) is 6.07. The van der Waals surface area contributed by atoms with Crippen LogP contribution < -0.4 is 4.90 Å². The van der Waals surface area contributed by atoms with Crippen LogP contribution in [0.15, 0.2) is 67.0 Å². The van der Waals surface area contributed by atoms with Crippen molar-refractivity contribution in [2.45, 2.75) is 20.4 Å². The Bertz CT molecular complexity index is 1290. The number of rotatable bonds is 7. The summed E-state index contributed by atoms with van der Waals surface area (Å²) in [7, 11) is 0. The molecule has 0 aliphatic carbocycles. The molecule has 0 unspecified atom stereocenters. The van der Waals surface area contributed by atoms with E-state index in [1.54, 1.807) is 26.0 Å². The first-order chi connectivity index (χ1) is 16.5. The molecular weight excluding hydrogens is 455 g/mol. The quantitative estimate of drug-likeness (QED) is 0.346.